The van der Waals surface area contributed by atoms with E-state index < -0.39 is 0 Å². The molecule has 0 saturated carbocycles. The Kier molecular flexibility index (Phi) is 13.3. The van der Waals surface area contributed by atoms with E-state index in [2.05, 4.69) is 326 Å². The Bertz CT molecular complexity index is 4360. The van der Waals surface area contributed by atoms with Crippen LogP contribution in [0.25, 0.3) is 83.3 Å². The highest BCUT2D eigenvalue weighted by Gasteiger charge is 2.32. The van der Waals surface area contributed by atoms with E-state index in [1.54, 1.807) is 0 Å². The molecule has 0 unspecified atom stereocenters. The van der Waals surface area contributed by atoms with Gasteiger partial charge in [-0.25, -0.2) is 4.98 Å². The topological polar surface area (TPSA) is 33.5 Å². The van der Waals surface area contributed by atoms with E-state index in [9.17, 15) is 0 Å². The Labute approximate surface area is 489 Å². The molecule has 0 aliphatic carbocycles. The van der Waals surface area contributed by atoms with Crippen molar-refractivity contribution in [1.29, 1.82) is 0 Å². The number of para-hydroxylation sites is 3. The first kappa shape index (κ1) is 52.9. The summed E-state index contributed by atoms with van der Waals surface area (Å²) in [4.78, 5) is 10.2. The maximum absolute atomic E-state index is 7.02. The number of hydrogen-bond acceptors (Lipinski definition) is 4. The van der Waals surface area contributed by atoms with Crippen molar-refractivity contribution in [2.24, 2.45) is 0 Å². The SMILES string of the molecule is CC(C)(C)c1ccc(-c2ccc3c(c2)c2ccc(Oc4cccc(N5CN(c6c(-c7ccc(C(C)(C)C)cc7)cccc6-c6cccc(-c7ccccc7)c6)c6ccccc65)c4)cc2n3-c2cc(C(C)(C)C)c(-c3ccccc3)cn2)cc1. The first-order chi connectivity index (χ1) is 40.0. The summed E-state index contributed by atoms with van der Waals surface area (Å²) >= 11 is 0. The van der Waals surface area contributed by atoms with Crippen LogP contribution >= 0.6 is 0 Å². The monoisotopic (exact) mass is 1080 g/mol. The summed E-state index contributed by atoms with van der Waals surface area (Å²) in [5.74, 6) is 2.36. The lowest BCUT2D eigenvalue weighted by Gasteiger charge is -2.28. The van der Waals surface area contributed by atoms with Crippen molar-refractivity contribution in [3.05, 3.63) is 266 Å². The molecule has 0 spiro atoms. The molecule has 0 atom stereocenters. The molecule has 2 aromatic heterocycles. The van der Waals surface area contributed by atoms with Gasteiger partial charge in [0.25, 0.3) is 0 Å². The van der Waals surface area contributed by atoms with E-state index in [1.165, 1.54) is 55.6 Å². The van der Waals surface area contributed by atoms with Crippen LogP contribution in [-0.2, 0) is 16.2 Å². The number of pyridine rings is 1. The number of fused-ring (bicyclic) bond motifs is 4. The number of rotatable bonds is 10. The van der Waals surface area contributed by atoms with Crippen molar-refractivity contribution in [2.45, 2.75) is 78.6 Å². The molecular weight excluding hydrogens is 1010 g/mol. The lowest BCUT2D eigenvalue weighted by atomic mass is 9.82. The second-order valence-corrected chi connectivity index (χ2v) is 25.3. The average Bonchev–Trinajstić information content (AvgIpc) is 2.52. The number of nitrogens with zero attached hydrogens (tertiary/aromatic N) is 4. The van der Waals surface area contributed by atoms with Gasteiger partial charge in [-0.3, -0.25) is 4.57 Å². The zero-order valence-corrected chi connectivity index (χ0v) is 49.1. The zero-order chi connectivity index (χ0) is 57.2. The normalized spacial score (nSPS) is 12.8. The van der Waals surface area contributed by atoms with Gasteiger partial charge in [-0.1, -0.05) is 232 Å². The van der Waals surface area contributed by atoms with Crippen molar-refractivity contribution in [1.82, 2.24) is 9.55 Å². The van der Waals surface area contributed by atoms with E-state index >= 15 is 0 Å². The van der Waals surface area contributed by atoms with Gasteiger partial charge in [0.2, 0.25) is 0 Å². The van der Waals surface area contributed by atoms with E-state index in [-0.39, 0.29) is 16.2 Å². The van der Waals surface area contributed by atoms with E-state index in [0.717, 1.165) is 78.6 Å². The third-order valence-corrected chi connectivity index (χ3v) is 16.6. The highest BCUT2D eigenvalue weighted by atomic mass is 16.5. The molecule has 10 aromatic carbocycles. The van der Waals surface area contributed by atoms with Gasteiger partial charge in [0.1, 0.15) is 24.0 Å². The van der Waals surface area contributed by atoms with E-state index in [4.69, 9.17) is 9.72 Å². The molecule has 1 aliphatic rings. The standard InChI is InChI=1S/C78H70N4O/c1-76(2,3)59-38-33-53(34-39-59)57-37-44-70-67(46-57)66-43-42-63(48-73(66)82(70)74-49-69(78(7,8)9)68(50-79-74)54-23-14-11-15-24-54)83-62-28-19-27-61(47-62)80-51-81(72-32-17-16-31-71(72)80)75-64(55-35-40-60(41-36-55)77(4,5)6)29-20-30-65(75)58-26-18-25-56(45-58)52-21-12-10-13-22-52/h10-50H,51H2,1-9H3. The summed E-state index contributed by atoms with van der Waals surface area (Å²) in [7, 11) is 0. The summed E-state index contributed by atoms with van der Waals surface area (Å²) in [5.41, 5.74) is 22.1. The Morgan fingerprint density at radius 3 is 1.57 bits per heavy atom. The van der Waals surface area contributed by atoms with Gasteiger partial charge < -0.3 is 14.5 Å². The minimum atomic E-state index is -0.154. The Balaban J connectivity index is 0.895. The van der Waals surface area contributed by atoms with Crippen molar-refractivity contribution >= 4 is 44.6 Å². The Morgan fingerprint density at radius 1 is 0.361 bits per heavy atom. The molecule has 5 nitrogen and oxygen atoms in total. The zero-order valence-electron chi connectivity index (χ0n) is 49.1. The third kappa shape index (κ3) is 10.2. The molecule has 12 aromatic rings. The van der Waals surface area contributed by atoms with Crippen LogP contribution < -0.4 is 14.5 Å². The van der Waals surface area contributed by atoms with E-state index in [1.807, 2.05) is 0 Å². The lowest BCUT2D eigenvalue weighted by Crippen LogP contribution is -2.25. The Hall–Kier alpha value is -9.45. The van der Waals surface area contributed by atoms with Crippen molar-refractivity contribution in [3.8, 4) is 73.0 Å². The van der Waals surface area contributed by atoms with Gasteiger partial charge in [0, 0.05) is 51.5 Å². The molecule has 0 bridgehead atoms. The summed E-state index contributed by atoms with van der Waals surface area (Å²) < 4.78 is 9.34. The average molecular weight is 1080 g/mol. The number of hydrogen-bond donors (Lipinski definition) is 0. The second kappa shape index (κ2) is 20.8. The first-order valence-electron chi connectivity index (χ1n) is 29.1. The highest BCUT2D eigenvalue weighted by molar-refractivity contribution is 6.11. The summed E-state index contributed by atoms with van der Waals surface area (Å²) in [5, 5.41) is 2.29. The quantitative estimate of drug-likeness (QED) is 0.137. The predicted molar refractivity (Wildman–Crippen MR) is 350 cm³/mol. The van der Waals surface area contributed by atoms with Crippen molar-refractivity contribution in [2.75, 3.05) is 16.5 Å². The van der Waals surface area contributed by atoms with Crippen LogP contribution in [0.15, 0.2) is 249 Å². The van der Waals surface area contributed by atoms with Crippen LogP contribution in [0.5, 0.6) is 11.5 Å². The Morgan fingerprint density at radius 2 is 0.892 bits per heavy atom. The molecule has 0 saturated heterocycles. The second-order valence-electron chi connectivity index (χ2n) is 25.3. The van der Waals surface area contributed by atoms with Crippen LogP contribution in [0, 0.1) is 0 Å². The van der Waals surface area contributed by atoms with Crippen LogP contribution in [0.2, 0.25) is 0 Å². The predicted octanol–water partition coefficient (Wildman–Crippen LogP) is 21.4. The lowest BCUT2D eigenvalue weighted by molar-refractivity contribution is 0.483. The maximum Gasteiger partial charge on any atom is 0.137 e. The minimum Gasteiger partial charge on any atom is -0.457 e. The summed E-state index contributed by atoms with van der Waals surface area (Å²) in [6.07, 6.45) is 2.06. The van der Waals surface area contributed by atoms with Gasteiger partial charge >= 0.3 is 0 Å². The van der Waals surface area contributed by atoms with Crippen molar-refractivity contribution in [3.63, 3.8) is 0 Å². The molecule has 0 radical (unpaired) electrons. The molecule has 1 aliphatic heterocycles. The van der Waals surface area contributed by atoms with Gasteiger partial charge in [-0.05, 0) is 133 Å². The molecule has 13 rings (SSSR count). The molecule has 3 heterocycles. The highest BCUT2D eigenvalue weighted by Crippen LogP contribution is 2.51. The molecule has 5 heteroatoms. The molecule has 408 valence electrons. The molecular formula is C78H70N4O. The van der Waals surface area contributed by atoms with Gasteiger partial charge in [0.15, 0.2) is 0 Å². The maximum atomic E-state index is 7.02. The number of aromatic nitrogens is 2. The molecule has 0 N–H and O–H groups in total. The van der Waals surface area contributed by atoms with Gasteiger partial charge in [-0.15, -0.1) is 0 Å². The van der Waals surface area contributed by atoms with Crippen LogP contribution in [0.4, 0.5) is 22.7 Å². The fourth-order valence-electron chi connectivity index (χ4n) is 12.1. The summed E-state index contributed by atoms with van der Waals surface area (Å²) in [6.45, 7) is 21.1. The molecule has 0 amide bonds. The summed E-state index contributed by atoms with van der Waals surface area (Å²) in [6, 6.07) is 88.3. The smallest absolute Gasteiger partial charge is 0.137 e. The van der Waals surface area contributed by atoms with E-state index in [0.29, 0.717) is 6.67 Å². The van der Waals surface area contributed by atoms with Crippen molar-refractivity contribution < 1.29 is 4.74 Å². The van der Waals surface area contributed by atoms with Gasteiger partial charge in [-0.2, -0.15) is 0 Å². The van der Waals surface area contributed by atoms with Crippen LogP contribution in [-0.4, -0.2) is 16.2 Å². The number of anilines is 4. The largest absolute Gasteiger partial charge is 0.457 e. The molecule has 0 fully saturated rings. The number of benzene rings is 10. The first-order valence-corrected chi connectivity index (χ1v) is 29.1. The van der Waals surface area contributed by atoms with Crippen LogP contribution in [0.3, 0.4) is 0 Å². The third-order valence-electron chi connectivity index (χ3n) is 16.6. The molecule has 83 heavy (non-hydrogen) atoms. The number of ether oxygens (including phenoxy) is 1. The fourth-order valence-corrected chi connectivity index (χ4v) is 12.1. The fraction of sp³-hybridized carbons (Fsp3) is 0.167. The minimum absolute atomic E-state index is 0.0367. The van der Waals surface area contributed by atoms with Crippen LogP contribution in [0.1, 0.15) is 79.0 Å². The van der Waals surface area contributed by atoms with Gasteiger partial charge in [0.05, 0.1) is 28.1 Å².